The fourth-order valence-electron chi connectivity index (χ4n) is 2.91. The Balaban J connectivity index is 2.12. The molecule has 2 rings (SSSR count). The largest absolute Gasteiger partial charge is 0.433 e. The summed E-state index contributed by atoms with van der Waals surface area (Å²) in [5.41, 5.74) is -0.129. The number of nitrogens with zero attached hydrogens (tertiary/aromatic N) is 2. The van der Waals surface area contributed by atoms with Crippen molar-refractivity contribution in [1.82, 2.24) is 9.88 Å². The van der Waals surface area contributed by atoms with E-state index in [1.807, 2.05) is 11.8 Å². The van der Waals surface area contributed by atoms with Gasteiger partial charge >= 0.3 is 6.18 Å². The smallest absolute Gasteiger partial charge is 0.389 e. The van der Waals surface area contributed by atoms with Crippen LogP contribution in [0.15, 0.2) is 30.4 Å². The first kappa shape index (κ1) is 18.7. The van der Waals surface area contributed by atoms with Gasteiger partial charge in [-0.15, -0.1) is 6.58 Å². The van der Waals surface area contributed by atoms with Gasteiger partial charge in [0.1, 0.15) is 17.6 Å². The van der Waals surface area contributed by atoms with Crippen molar-refractivity contribution in [3.8, 4) is 0 Å². The van der Waals surface area contributed by atoms with Crippen molar-refractivity contribution in [3.63, 3.8) is 0 Å². The van der Waals surface area contributed by atoms with E-state index < -0.39 is 30.1 Å². The minimum atomic E-state index is -4.54. The molecule has 24 heavy (non-hydrogen) atoms. The third-order valence-corrected chi connectivity index (χ3v) is 4.14. The quantitative estimate of drug-likeness (QED) is 0.727. The van der Waals surface area contributed by atoms with E-state index in [-0.39, 0.29) is 11.9 Å². The lowest BCUT2D eigenvalue weighted by Crippen LogP contribution is -2.62. The lowest BCUT2D eigenvalue weighted by molar-refractivity contribution is -0.141. The maximum Gasteiger partial charge on any atom is 0.433 e. The van der Waals surface area contributed by atoms with Crippen LogP contribution < -0.4 is 5.32 Å². The zero-order valence-electron chi connectivity index (χ0n) is 13.6. The zero-order chi connectivity index (χ0) is 18.1. The van der Waals surface area contributed by atoms with Gasteiger partial charge in [-0.1, -0.05) is 11.6 Å². The number of aromatic nitrogens is 1. The molecule has 5 nitrogen and oxygen atoms in total. The van der Waals surface area contributed by atoms with Gasteiger partial charge in [0.2, 0.25) is 0 Å². The maximum atomic E-state index is 12.7. The first-order chi connectivity index (χ1) is 11.1. The second-order valence-corrected chi connectivity index (χ2v) is 6.31. The van der Waals surface area contributed by atoms with Crippen molar-refractivity contribution in [2.24, 2.45) is 0 Å². The second kappa shape index (κ2) is 7.08. The molecule has 1 fully saturated rings. The number of halogens is 3. The molecule has 134 valence electrons. The van der Waals surface area contributed by atoms with E-state index in [1.165, 1.54) is 12.1 Å². The summed E-state index contributed by atoms with van der Waals surface area (Å²) in [4.78, 5) is 5.39. The molecule has 0 bridgehead atoms. The molecule has 3 N–H and O–H groups in total. The number of rotatable bonds is 4. The SMILES string of the molecule is C=C(C)C[C@@H]1[C@H](O)[C@H](O)C(Nc2cccc(C(F)(F)F)n2)CN1C. The monoisotopic (exact) mass is 345 g/mol. The first-order valence-corrected chi connectivity index (χ1v) is 7.61. The standard InChI is InChI=1S/C16H22F3N3O2/c1-9(2)7-11-15(24)14(23)10(8-22(11)3)20-13-6-4-5-12(21-13)16(17,18)19/h4-6,10-11,14-15,23-24H,1,7-8H2,2-3H3,(H,20,21)/t10?,11-,14-,15+/m1/s1. The van der Waals surface area contributed by atoms with Crippen LogP contribution >= 0.6 is 0 Å². The summed E-state index contributed by atoms with van der Waals surface area (Å²) in [6, 6.07) is 2.60. The summed E-state index contributed by atoms with van der Waals surface area (Å²) in [6.45, 7) is 6.00. The van der Waals surface area contributed by atoms with Crippen LogP contribution in [0.2, 0.25) is 0 Å². The van der Waals surface area contributed by atoms with Gasteiger partial charge in [-0.05, 0) is 32.5 Å². The molecule has 0 aliphatic carbocycles. The number of aliphatic hydroxyl groups is 2. The number of hydrogen-bond acceptors (Lipinski definition) is 5. The number of hydrogen-bond donors (Lipinski definition) is 3. The third kappa shape index (κ3) is 4.25. The molecule has 0 aromatic carbocycles. The molecule has 4 atom stereocenters. The molecular weight excluding hydrogens is 323 g/mol. The van der Waals surface area contributed by atoms with Crippen molar-refractivity contribution >= 4 is 5.82 Å². The van der Waals surface area contributed by atoms with Crippen LogP contribution in [0.3, 0.4) is 0 Å². The fraction of sp³-hybridized carbons (Fsp3) is 0.562. The van der Waals surface area contributed by atoms with Crippen LogP contribution in [0.1, 0.15) is 19.0 Å². The molecule has 1 saturated heterocycles. The van der Waals surface area contributed by atoms with Gasteiger partial charge in [-0.2, -0.15) is 13.2 Å². The molecule has 0 amide bonds. The second-order valence-electron chi connectivity index (χ2n) is 6.31. The number of pyridine rings is 1. The number of alkyl halides is 3. The predicted molar refractivity (Wildman–Crippen MR) is 84.5 cm³/mol. The number of anilines is 1. The Labute approximate surface area is 138 Å². The van der Waals surface area contributed by atoms with Gasteiger partial charge in [-0.25, -0.2) is 4.98 Å². The Morgan fingerprint density at radius 2 is 2.04 bits per heavy atom. The molecule has 8 heteroatoms. The number of nitrogens with one attached hydrogen (secondary N) is 1. The van der Waals surface area contributed by atoms with E-state index in [0.29, 0.717) is 13.0 Å². The lowest BCUT2D eigenvalue weighted by Gasteiger charge is -2.44. The topological polar surface area (TPSA) is 68.6 Å². The average Bonchev–Trinajstić information content (AvgIpc) is 2.48. The molecule has 2 heterocycles. The number of likely N-dealkylation sites (tertiary alicyclic amines) is 1. The number of piperidine rings is 1. The van der Waals surface area contributed by atoms with E-state index in [4.69, 9.17) is 0 Å². The van der Waals surface area contributed by atoms with Crippen LogP contribution in [0, 0.1) is 0 Å². The molecule has 1 aromatic heterocycles. The highest BCUT2D eigenvalue weighted by molar-refractivity contribution is 5.38. The van der Waals surface area contributed by atoms with Crippen molar-refractivity contribution < 1.29 is 23.4 Å². The molecule has 1 unspecified atom stereocenters. The Kier molecular flexibility index (Phi) is 5.52. The van der Waals surface area contributed by atoms with Crippen molar-refractivity contribution in [1.29, 1.82) is 0 Å². The maximum absolute atomic E-state index is 12.7. The van der Waals surface area contributed by atoms with Crippen molar-refractivity contribution in [2.75, 3.05) is 18.9 Å². The molecule has 0 radical (unpaired) electrons. The van der Waals surface area contributed by atoms with Gasteiger partial charge in [-0.3, -0.25) is 4.90 Å². The fourth-order valence-corrected chi connectivity index (χ4v) is 2.91. The van der Waals surface area contributed by atoms with Crippen LogP contribution in [0.25, 0.3) is 0 Å². The molecule has 1 aliphatic heterocycles. The van der Waals surface area contributed by atoms with Gasteiger partial charge in [0.25, 0.3) is 0 Å². The van der Waals surface area contributed by atoms with E-state index in [1.54, 1.807) is 7.05 Å². The van der Waals surface area contributed by atoms with Crippen LogP contribution in [0.5, 0.6) is 0 Å². The molecule has 0 saturated carbocycles. The van der Waals surface area contributed by atoms with E-state index >= 15 is 0 Å². The summed E-state index contributed by atoms with van der Waals surface area (Å²) in [6.07, 6.45) is -6.17. The number of likely N-dealkylation sites (N-methyl/N-ethyl adjacent to an activating group) is 1. The first-order valence-electron chi connectivity index (χ1n) is 7.61. The van der Waals surface area contributed by atoms with Gasteiger partial charge in [0.15, 0.2) is 0 Å². The van der Waals surface area contributed by atoms with Gasteiger partial charge in [0.05, 0.1) is 12.1 Å². The molecular formula is C16H22F3N3O2. The minimum absolute atomic E-state index is 0.00725. The van der Waals surface area contributed by atoms with E-state index in [0.717, 1.165) is 11.6 Å². The van der Waals surface area contributed by atoms with Gasteiger partial charge < -0.3 is 15.5 Å². The highest BCUT2D eigenvalue weighted by atomic mass is 19.4. The van der Waals surface area contributed by atoms with Crippen molar-refractivity contribution in [2.45, 2.75) is 43.8 Å². The highest BCUT2D eigenvalue weighted by Gasteiger charge is 2.40. The summed E-state index contributed by atoms with van der Waals surface area (Å²) in [5.74, 6) is 0.00725. The van der Waals surface area contributed by atoms with Gasteiger partial charge in [0, 0.05) is 12.6 Å². The Morgan fingerprint density at radius 1 is 1.38 bits per heavy atom. The molecule has 1 aliphatic rings. The van der Waals surface area contributed by atoms with Crippen LogP contribution in [-0.2, 0) is 6.18 Å². The minimum Gasteiger partial charge on any atom is -0.389 e. The summed E-state index contributed by atoms with van der Waals surface area (Å²) < 4.78 is 38.2. The Morgan fingerprint density at radius 3 is 2.62 bits per heavy atom. The molecule has 0 spiro atoms. The Bertz CT molecular complexity index is 594. The van der Waals surface area contributed by atoms with Crippen LogP contribution in [-0.4, -0.2) is 58.0 Å². The van der Waals surface area contributed by atoms with E-state index in [2.05, 4.69) is 16.9 Å². The lowest BCUT2D eigenvalue weighted by atomic mass is 9.89. The molecule has 1 aromatic rings. The number of aliphatic hydroxyl groups excluding tert-OH is 2. The third-order valence-electron chi connectivity index (χ3n) is 4.14. The van der Waals surface area contributed by atoms with E-state index in [9.17, 15) is 23.4 Å². The predicted octanol–water partition coefficient (Wildman–Crippen LogP) is 1.88. The van der Waals surface area contributed by atoms with Crippen molar-refractivity contribution in [3.05, 3.63) is 36.0 Å². The summed E-state index contributed by atoms with van der Waals surface area (Å²) in [5, 5.41) is 23.4. The normalized spacial score (nSPS) is 28.6. The zero-order valence-corrected chi connectivity index (χ0v) is 13.6. The van der Waals surface area contributed by atoms with Crippen LogP contribution in [0.4, 0.5) is 19.0 Å². The summed E-state index contributed by atoms with van der Waals surface area (Å²) in [7, 11) is 1.79. The average molecular weight is 345 g/mol. The highest BCUT2D eigenvalue weighted by Crippen LogP contribution is 2.29. The Hall–Kier alpha value is -1.64. The summed E-state index contributed by atoms with van der Waals surface area (Å²) >= 11 is 0.